The van der Waals surface area contributed by atoms with Gasteiger partial charge in [0.05, 0.1) is 0 Å². The summed E-state index contributed by atoms with van der Waals surface area (Å²) in [6.45, 7) is 1.08. The Kier molecular flexibility index (Phi) is 2.44. The normalized spacial score (nSPS) is 13.9. The van der Waals surface area contributed by atoms with Crippen molar-refractivity contribution in [2.24, 2.45) is 0 Å². The molecule has 0 saturated carbocycles. The highest BCUT2D eigenvalue weighted by Crippen LogP contribution is 2.35. The van der Waals surface area contributed by atoms with E-state index in [0.717, 1.165) is 13.0 Å². The zero-order chi connectivity index (χ0) is 11.0. The summed E-state index contributed by atoms with van der Waals surface area (Å²) in [7, 11) is 0. The van der Waals surface area contributed by atoms with E-state index in [1.807, 2.05) is 0 Å². The van der Waals surface area contributed by atoms with Crippen LogP contribution in [0.2, 0.25) is 0 Å². The van der Waals surface area contributed by atoms with Gasteiger partial charge in [0.25, 0.3) is 0 Å². The minimum absolute atomic E-state index is 1.08. The summed E-state index contributed by atoms with van der Waals surface area (Å²) in [5.74, 6) is 0. The van der Waals surface area contributed by atoms with Crippen LogP contribution >= 0.6 is 15.9 Å². The van der Waals surface area contributed by atoms with Gasteiger partial charge in [-0.05, 0) is 42.3 Å². The first-order valence-electron chi connectivity index (χ1n) is 5.45. The molecule has 0 N–H and O–H groups in total. The Balaban J connectivity index is 2.04. The maximum absolute atomic E-state index is 3.52. The number of anilines is 2. The number of hydrogen-bond acceptors (Lipinski definition) is 1. The monoisotopic (exact) mass is 273 g/mol. The van der Waals surface area contributed by atoms with Crippen LogP contribution < -0.4 is 4.90 Å². The van der Waals surface area contributed by atoms with E-state index in [0.29, 0.717) is 0 Å². The first kappa shape index (κ1) is 9.91. The molecule has 0 saturated heterocycles. The van der Waals surface area contributed by atoms with Crippen molar-refractivity contribution in [3.63, 3.8) is 0 Å². The molecule has 16 heavy (non-hydrogen) atoms. The fourth-order valence-corrected chi connectivity index (χ4v) is 2.65. The van der Waals surface area contributed by atoms with Crippen molar-refractivity contribution in [3.05, 3.63) is 58.6 Å². The van der Waals surface area contributed by atoms with Crippen LogP contribution in [-0.2, 0) is 6.42 Å². The number of benzene rings is 2. The molecule has 0 spiro atoms. The van der Waals surface area contributed by atoms with E-state index in [1.165, 1.54) is 21.4 Å². The van der Waals surface area contributed by atoms with Gasteiger partial charge < -0.3 is 4.90 Å². The average Bonchev–Trinajstić information content (AvgIpc) is 2.73. The van der Waals surface area contributed by atoms with E-state index in [2.05, 4.69) is 69.4 Å². The fraction of sp³-hybridized carbons (Fsp3) is 0.143. The number of nitrogens with zero attached hydrogens (tertiary/aromatic N) is 1. The van der Waals surface area contributed by atoms with Crippen LogP contribution in [0.1, 0.15) is 5.56 Å². The molecule has 80 valence electrons. The van der Waals surface area contributed by atoms with Crippen molar-refractivity contribution in [1.29, 1.82) is 0 Å². The summed E-state index contributed by atoms with van der Waals surface area (Å²) in [5.41, 5.74) is 4.05. The lowest BCUT2D eigenvalue weighted by molar-refractivity contribution is 0.998. The van der Waals surface area contributed by atoms with E-state index in [-0.39, 0.29) is 0 Å². The number of halogens is 1. The third-order valence-electron chi connectivity index (χ3n) is 3.00. The number of fused-ring (bicyclic) bond motifs is 1. The summed E-state index contributed by atoms with van der Waals surface area (Å²) in [6, 6.07) is 17.1. The lowest BCUT2D eigenvalue weighted by Crippen LogP contribution is -2.12. The molecule has 0 unspecified atom stereocenters. The minimum Gasteiger partial charge on any atom is -0.341 e. The standard InChI is InChI=1S/C14H12BrN/c15-12-6-7-14-11(10-12)8-9-16(14)13-4-2-1-3-5-13/h1-7,10H,8-9H2. The Morgan fingerprint density at radius 2 is 1.81 bits per heavy atom. The predicted octanol–water partition coefficient (Wildman–Crippen LogP) is 4.14. The van der Waals surface area contributed by atoms with E-state index in [1.54, 1.807) is 0 Å². The quantitative estimate of drug-likeness (QED) is 0.755. The third kappa shape index (κ3) is 1.63. The average molecular weight is 274 g/mol. The molecule has 0 fully saturated rings. The highest BCUT2D eigenvalue weighted by molar-refractivity contribution is 9.10. The van der Waals surface area contributed by atoms with E-state index < -0.39 is 0 Å². The molecule has 1 nitrogen and oxygen atoms in total. The Hall–Kier alpha value is -1.28. The lowest BCUT2D eigenvalue weighted by atomic mass is 10.2. The molecule has 0 amide bonds. The van der Waals surface area contributed by atoms with Gasteiger partial charge in [-0.3, -0.25) is 0 Å². The first-order valence-corrected chi connectivity index (χ1v) is 6.25. The molecule has 0 atom stereocenters. The minimum atomic E-state index is 1.08. The van der Waals surface area contributed by atoms with Gasteiger partial charge in [0, 0.05) is 22.4 Å². The zero-order valence-electron chi connectivity index (χ0n) is 8.86. The van der Waals surface area contributed by atoms with Crippen LogP contribution in [0.5, 0.6) is 0 Å². The van der Waals surface area contributed by atoms with Crippen LogP contribution in [0.3, 0.4) is 0 Å². The highest BCUT2D eigenvalue weighted by atomic mass is 79.9. The van der Waals surface area contributed by atoms with Gasteiger partial charge in [-0.1, -0.05) is 34.1 Å². The molecule has 2 aromatic carbocycles. The van der Waals surface area contributed by atoms with E-state index >= 15 is 0 Å². The van der Waals surface area contributed by atoms with Crippen LogP contribution in [0.4, 0.5) is 11.4 Å². The van der Waals surface area contributed by atoms with E-state index in [4.69, 9.17) is 0 Å². The first-order chi connectivity index (χ1) is 7.84. The molecule has 1 aliphatic rings. The zero-order valence-corrected chi connectivity index (χ0v) is 10.4. The maximum Gasteiger partial charge on any atom is 0.0444 e. The Labute approximate surface area is 104 Å². The van der Waals surface area contributed by atoms with Crippen LogP contribution in [-0.4, -0.2) is 6.54 Å². The fourth-order valence-electron chi connectivity index (χ4n) is 2.25. The molecule has 0 aliphatic carbocycles. The Morgan fingerprint density at radius 1 is 1.00 bits per heavy atom. The second-order valence-electron chi connectivity index (χ2n) is 4.01. The summed E-state index contributed by atoms with van der Waals surface area (Å²) in [4.78, 5) is 2.38. The molecule has 0 radical (unpaired) electrons. The Bertz CT molecular complexity index is 507. The van der Waals surface area contributed by atoms with Gasteiger partial charge in [0.1, 0.15) is 0 Å². The molecule has 1 heterocycles. The molecule has 0 aromatic heterocycles. The SMILES string of the molecule is Brc1ccc2c(c1)CCN2c1ccccc1. The molecular weight excluding hydrogens is 262 g/mol. The number of rotatable bonds is 1. The van der Waals surface area contributed by atoms with Crippen LogP contribution in [0.25, 0.3) is 0 Å². The highest BCUT2D eigenvalue weighted by Gasteiger charge is 2.19. The van der Waals surface area contributed by atoms with Crippen molar-refractivity contribution in [2.75, 3.05) is 11.4 Å². The second kappa shape index (κ2) is 3.95. The van der Waals surface area contributed by atoms with Crippen molar-refractivity contribution in [2.45, 2.75) is 6.42 Å². The van der Waals surface area contributed by atoms with Gasteiger partial charge in [-0.25, -0.2) is 0 Å². The second-order valence-corrected chi connectivity index (χ2v) is 4.93. The van der Waals surface area contributed by atoms with E-state index in [9.17, 15) is 0 Å². The summed E-state index contributed by atoms with van der Waals surface area (Å²) < 4.78 is 1.17. The lowest BCUT2D eigenvalue weighted by Gasteiger charge is -2.19. The molecular formula is C14H12BrN. The van der Waals surface area contributed by atoms with Gasteiger partial charge in [-0.2, -0.15) is 0 Å². The summed E-state index contributed by atoms with van der Waals surface area (Å²) >= 11 is 3.52. The molecule has 1 aliphatic heterocycles. The largest absolute Gasteiger partial charge is 0.341 e. The maximum atomic E-state index is 3.52. The molecule has 2 aromatic rings. The summed E-state index contributed by atoms with van der Waals surface area (Å²) in [6.07, 6.45) is 1.13. The number of hydrogen-bond donors (Lipinski definition) is 0. The van der Waals surface area contributed by atoms with Gasteiger partial charge in [-0.15, -0.1) is 0 Å². The summed E-state index contributed by atoms with van der Waals surface area (Å²) in [5, 5.41) is 0. The Morgan fingerprint density at radius 3 is 2.62 bits per heavy atom. The van der Waals surface area contributed by atoms with Gasteiger partial charge in [0.2, 0.25) is 0 Å². The van der Waals surface area contributed by atoms with Gasteiger partial charge >= 0.3 is 0 Å². The van der Waals surface area contributed by atoms with Gasteiger partial charge in [0.15, 0.2) is 0 Å². The van der Waals surface area contributed by atoms with Crippen LogP contribution in [0.15, 0.2) is 53.0 Å². The molecule has 2 heteroatoms. The van der Waals surface area contributed by atoms with Crippen molar-refractivity contribution < 1.29 is 0 Å². The van der Waals surface area contributed by atoms with Crippen LogP contribution in [0, 0.1) is 0 Å². The van der Waals surface area contributed by atoms with Crippen molar-refractivity contribution >= 4 is 27.3 Å². The predicted molar refractivity (Wildman–Crippen MR) is 71.3 cm³/mol. The smallest absolute Gasteiger partial charge is 0.0444 e. The van der Waals surface area contributed by atoms with Crippen molar-refractivity contribution in [3.8, 4) is 0 Å². The molecule has 3 rings (SSSR count). The number of para-hydroxylation sites is 1. The molecule has 0 bridgehead atoms. The topological polar surface area (TPSA) is 3.24 Å². The third-order valence-corrected chi connectivity index (χ3v) is 3.50. The van der Waals surface area contributed by atoms with Crippen molar-refractivity contribution in [1.82, 2.24) is 0 Å².